The van der Waals surface area contributed by atoms with Crippen LogP contribution in [0.2, 0.25) is 5.02 Å². The van der Waals surface area contributed by atoms with E-state index < -0.39 is 11.9 Å². The number of hydrogen-bond donors (Lipinski definition) is 1. The molecule has 1 aromatic carbocycles. The van der Waals surface area contributed by atoms with Crippen LogP contribution >= 0.6 is 11.6 Å². The molecule has 0 aliphatic carbocycles. The Morgan fingerprint density at radius 3 is 2.69 bits per heavy atom. The molecule has 0 unspecified atom stereocenters. The molecule has 0 fully saturated rings. The number of carbonyl (C=O) groups excluding carboxylic acids is 3. The molecule has 0 saturated carbocycles. The van der Waals surface area contributed by atoms with Crippen molar-refractivity contribution >= 4 is 35.5 Å². The van der Waals surface area contributed by atoms with Crippen molar-refractivity contribution < 1.29 is 19.1 Å². The smallest absolute Gasteiger partial charge is 0.337 e. The van der Waals surface area contributed by atoms with Crippen LogP contribution in [-0.2, 0) is 14.3 Å². The van der Waals surface area contributed by atoms with Crippen LogP contribution in [0.5, 0.6) is 0 Å². The number of benzene rings is 1. The summed E-state index contributed by atoms with van der Waals surface area (Å²) in [5.41, 5.74) is 0.412. The van der Waals surface area contributed by atoms with Gasteiger partial charge in [0.1, 0.15) is 0 Å². The molecule has 0 aliphatic heterocycles. The number of aldehydes is 1. The van der Waals surface area contributed by atoms with E-state index in [1.54, 1.807) is 0 Å². The third kappa shape index (κ3) is 2.80. The van der Waals surface area contributed by atoms with Crippen LogP contribution in [0.15, 0.2) is 18.2 Å². The number of ether oxygens (including phenoxy) is 1. The van der Waals surface area contributed by atoms with Crippen molar-refractivity contribution in [2.75, 3.05) is 12.4 Å². The number of carbonyl (C=O) groups is 3. The summed E-state index contributed by atoms with van der Waals surface area (Å²) in [6, 6.07) is 4.20. The Labute approximate surface area is 96.3 Å². The average Bonchev–Trinajstić information content (AvgIpc) is 2.30. The van der Waals surface area contributed by atoms with Crippen LogP contribution in [0.1, 0.15) is 10.4 Å². The molecule has 0 bridgehead atoms. The van der Waals surface area contributed by atoms with Gasteiger partial charge in [0.05, 0.1) is 23.4 Å². The van der Waals surface area contributed by atoms with Crippen LogP contribution in [0, 0.1) is 0 Å². The van der Waals surface area contributed by atoms with Gasteiger partial charge in [-0.3, -0.25) is 9.59 Å². The summed E-state index contributed by atoms with van der Waals surface area (Å²) in [5, 5.41) is 2.46. The van der Waals surface area contributed by atoms with Gasteiger partial charge >= 0.3 is 5.97 Å². The van der Waals surface area contributed by atoms with Gasteiger partial charge in [-0.25, -0.2) is 4.79 Å². The fraction of sp³-hybridized carbons (Fsp3) is 0.100. The summed E-state index contributed by atoms with van der Waals surface area (Å²) < 4.78 is 4.50. The van der Waals surface area contributed by atoms with Crippen molar-refractivity contribution in [3.8, 4) is 0 Å². The minimum Gasteiger partial charge on any atom is -0.465 e. The second kappa shape index (κ2) is 5.27. The third-order valence-corrected chi connectivity index (χ3v) is 2.08. The molecule has 6 heteroatoms. The quantitative estimate of drug-likeness (QED) is 0.491. The first-order valence-electron chi connectivity index (χ1n) is 4.22. The predicted octanol–water partition coefficient (Wildman–Crippen LogP) is 1.26. The molecule has 84 valence electrons. The number of halogens is 1. The van der Waals surface area contributed by atoms with E-state index in [0.717, 1.165) is 0 Å². The highest BCUT2D eigenvalue weighted by atomic mass is 35.5. The lowest BCUT2D eigenvalue weighted by Gasteiger charge is -2.06. The highest BCUT2D eigenvalue weighted by Crippen LogP contribution is 2.23. The fourth-order valence-electron chi connectivity index (χ4n) is 1.03. The maximum atomic E-state index is 11.2. The first-order valence-corrected chi connectivity index (χ1v) is 4.60. The van der Waals surface area contributed by atoms with Gasteiger partial charge in [0.15, 0.2) is 0 Å². The molecule has 1 aromatic rings. The molecule has 1 N–H and O–H groups in total. The molecule has 0 spiro atoms. The molecule has 0 aliphatic rings. The monoisotopic (exact) mass is 241 g/mol. The van der Waals surface area contributed by atoms with E-state index in [-0.39, 0.29) is 22.6 Å². The second-order valence-corrected chi connectivity index (χ2v) is 3.20. The first kappa shape index (κ1) is 12.2. The van der Waals surface area contributed by atoms with Gasteiger partial charge in [-0.05, 0) is 18.2 Å². The molecule has 1 amide bonds. The van der Waals surface area contributed by atoms with E-state index in [9.17, 15) is 14.4 Å². The van der Waals surface area contributed by atoms with Gasteiger partial charge in [0.25, 0.3) is 5.91 Å². The van der Waals surface area contributed by atoms with Crippen LogP contribution in [-0.4, -0.2) is 25.3 Å². The number of amides is 1. The third-order valence-electron chi connectivity index (χ3n) is 1.75. The Kier molecular flexibility index (Phi) is 4.02. The van der Waals surface area contributed by atoms with E-state index in [1.165, 1.54) is 25.3 Å². The Morgan fingerprint density at radius 2 is 2.12 bits per heavy atom. The minimum atomic E-state index is -0.844. The topological polar surface area (TPSA) is 72.5 Å². The molecular formula is C10H8ClNO4. The molecule has 1 rings (SSSR count). The lowest BCUT2D eigenvalue weighted by Crippen LogP contribution is -2.13. The van der Waals surface area contributed by atoms with Gasteiger partial charge < -0.3 is 10.1 Å². The number of methoxy groups -OCH3 is 1. The van der Waals surface area contributed by atoms with Gasteiger partial charge in [-0.15, -0.1) is 0 Å². The summed E-state index contributed by atoms with van der Waals surface area (Å²) >= 11 is 5.76. The summed E-state index contributed by atoms with van der Waals surface area (Å²) in [4.78, 5) is 32.2. The largest absolute Gasteiger partial charge is 0.465 e. The summed E-state index contributed by atoms with van der Waals surface area (Å²) in [6.45, 7) is 0. The number of nitrogens with one attached hydrogen (secondary N) is 1. The van der Waals surface area contributed by atoms with Gasteiger partial charge in [0, 0.05) is 0 Å². The van der Waals surface area contributed by atoms with E-state index in [1.807, 2.05) is 0 Å². The molecule has 0 heterocycles. The van der Waals surface area contributed by atoms with Crippen molar-refractivity contribution in [1.82, 2.24) is 0 Å². The van der Waals surface area contributed by atoms with Crippen LogP contribution in [0.3, 0.4) is 0 Å². The van der Waals surface area contributed by atoms with Crippen molar-refractivity contribution in [2.24, 2.45) is 0 Å². The highest BCUT2D eigenvalue weighted by Gasteiger charge is 2.10. The van der Waals surface area contributed by atoms with Crippen molar-refractivity contribution in [3.63, 3.8) is 0 Å². The summed E-state index contributed by atoms with van der Waals surface area (Å²) in [7, 11) is 1.24. The number of rotatable bonds is 3. The van der Waals surface area contributed by atoms with Crippen molar-refractivity contribution in [3.05, 3.63) is 28.8 Å². The van der Waals surface area contributed by atoms with E-state index in [2.05, 4.69) is 10.1 Å². The Morgan fingerprint density at radius 1 is 1.44 bits per heavy atom. The number of anilines is 1. The standard InChI is InChI=1S/C10H8ClNO4/c1-16-10(15)6-2-3-7(11)8(4-6)12-9(14)5-13/h2-5H,1H3,(H,12,14). The molecule has 16 heavy (non-hydrogen) atoms. The number of esters is 1. The second-order valence-electron chi connectivity index (χ2n) is 2.79. The van der Waals surface area contributed by atoms with Crippen molar-refractivity contribution in [2.45, 2.75) is 0 Å². The van der Waals surface area contributed by atoms with E-state index in [0.29, 0.717) is 0 Å². The maximum Gasteiger partial charge on any atom is 0.337 e. The molecular weight excluding hydrogens is 234 g/mol. The zero-order chi connectivity index (χ0) is 12.1. The van der Waals surface area contributed by atoms with Crippen LogP contribution in [0.4, 0.5) is 5.69 Å². The van der Waals surface area contributed by atoms with Crippen LogP contribution < -0.4 is 5.32 Å². The number of hydrogen-bond acceptors (Lipinski definition) is 4. The molecule has 5 nitrogen and oxygen atoms in total. The Balaban J connectivity index is 3.03. The SMILES string of the molecule is COC(=O)c1ccc(Cl)c(NC(=O)C=O)c1. The van der Waals surface area contributed by atoms with E-state index >= 15 is 0 Å². The lowest BCUT2D eigenvalue weighted by atomic mass is 10.2. The normalized spacial score (nSPS) is 9.38. The van der Waals surface area contributed by atoms with Gasteiger partial charge in [0.2, 0.25) is 6.29 Å². The van der Waals surface area contributed by atoms with E-state index in [4.69, 9.17) is 11.6 Å². The molecule has 0 atom stereocenters. The summed E-state index contributed by atoms with van der Waals surface area (Å²) in [5.74, 6) is -1.40. The molecule has 0 aromatic heterocycles. The van der Waals surface area contributed by atoms with Gasteiger partial charge in [-0.2, -0.15) is 0 Å². The Bertz CT molecular complexity index is 444. The highest BCUT2D eigenvalue weighted by molar-refractivity contribution is 6.36. The Hall–Kier alpha value is -1.88. The average molecular weight is 242 g/mol. The van der Waals surface area contributed by atoms with Crippen LogP contribution in [0.25, 0.3) is 0 Å². The maximum absolute atomic E-state index is 11.2. The predicted molar refractivity (Wildman–Crippen MR) is 57.5 cm³/mol. The molecule has 0 radical (unpaired) electrons. The first-order chi connectivity index (χ1) is 7.58. The fourth-order valence-corrected chi connectivity index (χ4v) is 1.19. The zero-order valence-corrected chi connectivity index (χ0v) is 9.08. The van der Waals surface area contributed by atoms with Gasteiger partial charge in [-0.1, -0.05) is 11.6 Å². The zero-order valence-electron chi connectivity index (χ0n) is 8.32. The lowest BCUT2D eigenvalue weighted by molar-refractivity contribution is -0.127. The van der Waals surface area contributed by atoms with Crippen molar-refractivity contribution in [1.29, 1.82) is 0 Å². The molecule has 0 saturated heterocycles. The summed E-state index contributed by atoms with van der Waals surface area (Å²) in [6.07, 6.45) is 0.112. The minimum absolute atomic E-state index is 0.112.